The Kier molecular flexibility index (Phi) is 15.2. The van der Waals surface area contributed by atoms with E-state index >= 15 is 0 Å². The second-order valence-electron chi connectivity index (χ2n) is 6.00. The smallest absolute Gasteiger partial charge is 0.0587 e. The lowest BCUT2D eigenvalue weighted by Gasteiger charge is -2.05. The topological polar surface area (TPSA) is 0 Å². The molecule has 0 nitrogen and oxygen atoms in total. The fourth-order valence-corrected chi connectivity index (χ4v) is 2.78. The molecule has 0 amide bonds. The molecule has 0 aliphatic carbocycles. The summed E-state index contributed by atoms with van der Waals surface area (Å²) >= 11 is 0. The highest BCUT2D eigenvalue weighted by atomic mass is 28.3. The molecule has 1 heteroatoms. The third-order valence-electron chi connectivity index (χ3n) is 3.64. The summed E-state index contributed by atoms with van der Waals surface area (Å²) < 4.78 is 0. The standard InChI is InChI=1S/C21H34Si/c1-5-6-7-8-9-10-11-12-13-14-15-16-17-18-19-20-21(2)22(3)4/h5-7,16-17,22H,1-2,8-12,15,18-20H2,3-4H3. The van der Waals surface area contributed by atoms with Crippen molar-refractivity contribution in [1.29, 1.82) is 0 Å². The summed E-state index contributed by atoms with van der Waals surface area (Å²) in [5.41, 5.74) is 0. The highest BCUT2D eigenvalue weighted by Gasteiger charge is 1.99. The number of rotatable bonds is 12. The van der Waals surface area contributed by atoms with Gasteiger partial charge in [0.25, 0.3) is 0 Å². The monoisotopic (exact) mass is 314 g/mol. The summed E-state index contributed by atoms with van der Waals surface area (Å²) in [6.07, 6.45) is 21.0. The molecule has 0 saturated carbocycles. The molecular weight excluding hydrogens is 280 g/mol. The highest BCUT2D eigenvalue weighted by Crippen LogP contribution is 2.09. The summed E-state index contributed by atoms with van der Waals surface area (Å²) in [6, 6.07) is 0. The van der Waals surface area contributed by atoms with Crippen LogP contribution in [0.4, 0.5) is 0 Å². The third-order valence-corrected chi connectivity index (χ3v) is 5.56. The Bertz CT molecular complexity index is 401. The van der Waals surface area contributed by atoms with Gasteiger partial charge in [-0.25, -0.2) is 0 Å². The fraction of sp³-hybridized carbons (Fsp3) is 0.524. The van der Waals surface area contributed by atoms with Gasteiger partial charge in [0.05, 0.1) is 8.80 Å². The van der Waals surface area contributed by atoms with E-state index in [4.69, 9.17) is 0 Å². The molecule has 0 aromatic carbocycles. The Morgan fingerprint density at radius 3 is 2.45 bits per heavy atom. The van der Waals surface area contributed by atoms with Gasteiger partial charge in [0.15, 0.2) is 0 Å². The van der Waals surface area contributed by atoms with Gasteiger partial charge >= 0.3 is 0 Å². The van der Waals surface area contributed by atoms with Crippen molar-refractivity contribution in [3.05, 3.63) is 48.7 Å². The second kappa shape index (κ2) is 16.1. The van der Waals surface area contributed by atoms with E-state index in [1.807, 2.05) is 12.2 Å². The average Bonchev–Trinajstić information content (AvgIpc) is 2.50. The lowest BCUT2D eigenvalue weighted by molar-refractivity contribution is 0.702. The van der Waals surface area contributed by atoms with Crippen LogP contribution in [0.25, 0.3) is 0 Å². The minimum Gasteiger partial charge on any atom is -0.104 e. The first kappa shape index (κ1) is 20.7. The SMILES string of the molecule is C=CC=CCCCCCC#CCC=CCCCC(=C)[SiH](C)C. The zero-order valence-electron chi connectivity index (χ0n) is 14.7. The lowest BCUT2D eigenvalue weighted by atomic mass is 10.1. The molecule has 0 fully saturated rings. The largest absolute Gasteiger partial charge is 0.104 e. The predicted molar refractivity (Wildman–Crippen MR) is 106 cm³/mol. The molecule has 0 heterocycles. The lowest BCUT2D eigenvalue weighted by Crippen LogP contribution is -2.03. The first-order chi connectivity index (χ1) is 10.7. The van der Waals surface area contributed by atoms with E-state index in [0.717, 1.165) is 19.3 Å². The van der Waals surface area contributed by atoms with Crippen molar-refractivity contribution in [1.82, 2.24) is 0 Å². The molecule has 0 unspecified atom stereocenters. The molecule has 0 aromatic heterocycles. The van der Waals surface area contributed by atoms with Crippen molar-refractivity contribution < 1.29 is 0 Å². The molecule has 0 atom stereocenters. The summed E-state index contributed by atoms with van der Waals surface area (Å²) in [4.78, 5) is 0. The van der Waals surface area contributed by atoms with Gasteiger partial charge in [0.2, 0.25) is 0 Å². The number of unbranched alkanes of at least 4 members (excludes halogenated alkanes) is 5. The van der Waals surface area contributed by atoms with Crippen LogP contribution in [0.5, 0.6) is 0 Å². The molecule has 0 saturated heterocycles. The average molecular weight is 315 g/mol. The minimum atomic E-state index is -0.606. The number of allylic oxidation sites excluding steroid dienone is 6. The molecule has 0 bridgehead atoms. The maximum absolute atomic E-state index is 4.16. The minimum absolute atomic E-state index is 0.606. The molecule has 0 aliphatic rings. The van der Waals surface area contributed by atoms with Crippen molar-refractivity contribution >= 4 is 8.80 Å². The zero-order chi connectivity index (χ0) is 16.5. The van der Waals surface area contributed by atoms with Crippen LogP contribution in [0.3, 0.4) is 0 Å². The molecule has 0 aliphatic heterocycles. The van der Waals surface area contributed by atoms with Crippen LogP contribution in [0.15, 0.2) is 48.7 Å². The first-order valence-corrected chi connectivity index (χ1v) is 11.6. The second-order valence-corrected chi connectivity index (χ2v) is 9.12. The summed E-state index contributed by atoms with van der Waals surface area (Å²) in [6.45, 7) is 12.5. The van der Waals surface area contributed by atoms with Crippen LogP contribution in [0.2, 0.25) is 13.1 Å². The highest BCUT2D eigenvalue weighted by molar-refractivity contribution is 6.63. The normalized spacial score (nSPS) is 11.0. The van der Waals surface area contributed by atoms with Gasteiger partial charge in [-0.15, -0.1) is 12.5 Å². The maximum Gasteiger partial charge on any atom is 0.0587 e. The van der Waals surface area contributed by atoms with E-state index in [9.17, 15) is 0 Å². The van der Waals surface area contributed by atoms with Crippen molar-refractivity contribution in [3.63, 3.8) is 0 Å². The van der Waals surface area contributed by atoms with Crippen LogP contribution >= 0.6 is 0 Å². The molecular formula is C21H34Si. The maximum atomic E-state index is 4.16. The van der Waals surface area contributed by atoms with Crippen LogP contribution in [-0.4, -0.2) is 8.80 Å². The van der Waals surface area contributed by atoms with Gasteiger partial charge in [0.1, 0.15) is 0 Å². The Hall–Kier alpha value is -1.26. The fourth-order valence-electron chi connectivity index (χ4n) is 2.00. The summed E-state index contributed by atoms with van der Waals surface area (Å²) in [5, 5.41) is 1.51. The van der Waals surface area contributed by atoms with Crippen molar-refractivity contribution in [2.24, 2.45) is 0 Å². The van der Waals surface area contributed by atoms with E-state index < -0.39 is 8.80 Å². The summed E-state index contributed by atoms with van der Waals surface area (Å²) in [7, 11) is -0.606. The Morgan fingerprint density at radius 1 is 0.955 bits per heavy atom. The van der Waals surface area contributed by atoms with Crippen molar-refractivity contribution in [2.75, 3.05) is 0 Å². The molecule has 22 heavy (non-hydrogen) atoms. The third kappa shape index (κ3) is 15.1. The van der Waals surface area contributed by atoms with Gasteiger partial charge in [-0.2, -0.15) is 0 Å². The molecule has 0 N–H and O–H groups in total. The Balaban J connectivity index is 3.41. The van der Waals surface area contributed by atoms with Crippen molar-refractivity contribution in [3.8, 4) is 11.8 Å². The Morgan fingerprint density at radius 2 is 1.73 bits per heavy atom. The van der Waals surface area contributed by atoms with E-state index in [-0.39, 0.29) is 0 Å². The molecule has 0 spiro atoms. The van der Waals surface area contributed by atoms with E-state index in [1.54, 1.807) is 0 Å². The molecule has 0 aromatic rings. The number of hydrogen-bond donors (Lipinski definition) is 0. The van der Waals surface area contributed by atoms with Gasteiger partial charge < -0.3 is 0 Å². The molecule has 0 radical (unpaired) electrons. The van der Waals surface area contributed by atoms with Crippen LogP contribution in [-0.2, 0) is 0 Å². The van der Waals surface area contributed by atoms with Gasteiger partial charge in [0, 0.05) is 12.8 Å². The van der Waals surface area contributed by atoms with Crippen molar-refractivity contribution in [2.45, 2.75) is 70.9 Å². The van der Waals surface area contributed by atoms with E-state index in [1.165, 1.54) is 43.7 Å². The molecule has 122 valence electrons. The van der Waals surface area contributed by atoms with E-state index in [2.05, 4.69) is 56.3 Å². The predicted octanol–water partition coefficient (Wildman–Crippen LogP) is 6.38. The first-order valence-electron chi connectivity index (χ1n) is 8.74. The molecule has 0 rings (SSSR count). The quantitative estimate of drug-likeness (QED) is 0.129. The van der Waals surface area contributed by atoms with Crippen LogP contribution in [0.1, 0.15) is 57.8 Å². The van der Waals surface area contributed by atoms with Gasteiger partial charge in [-0.3, -0.25) is 0 Å². The Labute approximate surface area is 140 Å². The zero-order valence-corrected chi connectivity index (χ0v) is 15.9. The van der Waals surface area contributed by atoms with Crippen LogP contribution < -0.4 is 0 Å². The van der Waals surface area contributed by atoms with Crippen LogP contribution in [0, 0.1) is 11.8 Å². The van der Waals surface area contributed by atoms with Gasteiger partial charge in [-0.05, 0) is 38.5 Å². The number of hydrogen-bond acceptors (Lipinski definition) is 0. The van der Waals surface area contributed by atoms with Gasteiger partial charge in [-0.1, -0.05) is 67.6 Å². The summed E-state index contributed by atoms with van der Waals surface area (Å²) in [5.74, 6) is 6.51. The van der Waals surface area contributed by atoms with E-state index in [0.29, 0.717) is 0 Å².